The maximum atomic E-state index is 12.3. The third kappa shape index (κ3) is 5.42. The van der Waals surface area contributed by atoms with E-state index in [1.54, 1.807) is 24.3 Å². The molecule has 8 nitrogen and oxygen atoms in total. The molecule has 0 spiro atoms. The molecule has 3 atom stereocenters. The lowest BCUT2D eigenvalue weighted by Gasteiger charge is -2.23. The van der Waals surface area contributed by atoms with E-state index in [4.69, 9.17) is 9.47 Å². The number of hydrogen-bond acceptors (Lipinski definition) is 6. The van der Waals surface area contributed by atoms with Crippen LogP contribution >= 0.6 is 0 Å². The Hall–Kier alpha value is -3.16. The van der Waals surface area contributed by atoms with Gasteiger partial charge in [-0.05, 0) is 33.1 Å². The van der Waals surface area contributed by atoms with Gasteiger partial charge in [-0.2, -0.15) is 0 Å². The molecule has 2 aliphatic carbocycles. The van der Waals surface area contributed by atoms with E-state index >= 15 is 0 Å². The largest absolute Gasteiger partial charge is 0.478 e. The van der Waals surface area contributed by atoms with Crippen LogP contribution in [0.25, 0.3) is 0 Å². The van der Waals surface area contributed by atoms with Gasteiger partial charge in [-0.1, -0.05) is 41.5 Å². The zero-order valence-corrected chi connectivity index (χ0v) is 15.6. The van der Waals surface area contributed by atoms with Crippen LogP contribution in [0, 0.1) is 5.92 Å². The van der Waals surface area contributed by atoms with Gasteiger partial charge in [0.05, 0.1) is 5.92 Å². The lowest BCUT2D eigenvalue weighted by atomic mass is 9.97. The van der Waals surface area contributed by atoms with E-state index in [2.05, 4.69) is 0 Å². The summed E-state index contributed by atoms with van der Waals surface area (Å²) in [5, 5.41) is 18.7. The minimum absolute atomic E-state index is 0.225. The number of carboxylic acid groups (broad SMARTS) is 2. The number of aliphatic carboxylic acids is 2. The van der Waals surface area contributed by atoms with Gasteiger partial charge in [0.15, 0.2) is 0 Å². The SMILES string of the molecule is CC1=CCC(C(=O)O[C@@H](C(=O)O)[C@@H](OC(=O)C2=CC=C(C)CC2)C(=O)O)C=C1. The number of hydrogen-bond donors (Lipinski definition) is 2. The van der Waals surface area contributed by atoms with E-state index in [9.17, 15) is 29.4 Å². The molecule has 0 aromatic heterocycles. The number of carbonyl (C=O) groups is 4. The Morgan fingerprint density at radius 1 is 1.00 bits per heavy atom. The molecule has 0 radical (unpaired) electrons. The molecule has 0 aromatic rings. The topological polar surface area (TPSA) is 127 Å². The fraction of sp³-hybridized carbons (Fsp3) is 0.400. The summed E-state index contributed by atoms with van der Waals surface area (Å²) in [6.45, 7) is 3.73. The molecule has 0 saturated heterocycles. The minimum Gasteiger partial charge on any atom is -0.478 e. The van der Waals surface area contributed by atoms with Gasteiger partial charge >= 0.3 is 23.9 Å². The van der Waals surface area contributed by atoms with Gasteiger partial charge < -0.3 is 19.7 Å². The molecular formula is C20H22O8. The Balaban J connectivity index is 2.12. The van der Waals surface area contributed by atoms with E-state index < -0.39 is 42.0 Å². The monoisotopic (exact) mass is 390 g/mol. The van der Waals surface area contributed by atoms with Crippen molar-refractivity contribution in [3.8, 4) is 0 Å². The molecule has 2 aliphatic rings. The summed E-state index contributed by atoms with van der Waals surface area (Å²) in [5.41, 5.74) is 2.22. The Morgan fingerprint density at radius 2 is 1.64 bits per heavy atom. The minimum atomic E-state index is -2.16. The molecule has 2 N–H and O–H groups in total. The maximum Gasteiger partial charge on any atom is 0.349 e. The van der Waals surface area contributed by atoms with Crippen molar-refractivity contribution in [2.24, 2.45) is 5.92 Å². The normalized spacial score (nSPS) is 20.8. The first-order valence-electron chi connectivity index (χ1n) is 8.77. The first kappa shape index (κ1) is 21.1. The van der Waals surface area contributed by atoms with Crippen molar-refractivity contribution in [3.63, 3.8) is 0 Å². The van der Waals surface area contributed by atoms with Crippen molar-refractivity contribution in [1.29, 1.82) is 0 Å². The third-order valence-corrected chi connectivity index (χ3v) is 4.45. The van der Waals surface area contributed by atoms with Gasteiger partial charge in [-0.15, -0.1) is 0 Å². The van der Waals surface area contributed by atoms with E-state index in [1.807, 2.05) is 13.8 Å². The molecule has 0 bridgehead atoms. The summed E-state index contributed by atoms with van der Waals surface area (Å²) in [4.78, 5) is 47.5. The second kappa shape index (κ2) is 9.16. The van der Waals surface area contributed by atoms with Gasteiger partial charge in [0.1, 0.15) is 0 Å². The zero-order valence-electron chi connectivity index (χ0n) is 15.6. The van der Waals surface area contributed by atoms with E-state index in [0.29, 0.717) is 19.3 Å². The first-order chi connectivity index (χ1) is 13.2. The number of carboxylic acids is 2. The summed E-state index contributed by atoms with van der Waals surface area (Å²) in [6.07, 6.45) is 5.18. The third-order valence-electron chi connectivity index (χ3n) is 4.45. The predicted octanol–water partition coefficient (Wildman–Crippen LogP) is 2.17. The standard InChI is InChI=1S/C20H22O8/c1-11-3-7-13(8-4-11)19(25)27-15(17(21)22)16(18(23)24)28-20(26)14-9-5-12(2)6-10-14/h3-5,7,9,13,15-16H,6,8,10H2,1-2H3,(H,21,22)(H,23,24)/t13?,15-,16-/m1/s1. The van der Waals surface area contributed by atoms with Crippen LogP contribution in [0.2, 0.25) is 0 Å². The summed E-state index contributed by atoms with van der Waals surface area (Å²) >= 11 is 0. The molecule has 2 rings (SSSR count). The lowest BCUT2D eigenvalue weighted by Crippen LogP contribution is -2.46. The van der Waals surface area contributed by atoms with Crippen LogP contribution in [0.1, 0.15) is 33.1 Å². The van der Waals surface area contributed by atoms with Crippen molar-refractivity contribution in [3.05, 3.63) is 47.1 Å². The van der Waals surface area contributed by atoms with Crippen LogP contribution in [-0.4, -0.2) is 46.3 Å². The second-order valence-electron chi connectivity index (χ2n) is 6.71. The van der Waals surface area contributed by atoms with Gasteiger partial charge in [0.2, 0.25) is 12.2 Å². The molecular weight excluding hydrogens is 368 g/mol. The van der Waals surface area contributed by atoms with Crippen molar-refractivity contribution >= 4 is 23.9 Å². The Kier molecular flexibility index (Phi) is 6.92. The number of allylic oxidation sites excluding steroid dienone is 6. The molecule has 150 valence electrons. The maximum absolute atomic E-state index is 12.3. The fourth-order valence-electron chi connectivity index (χ4n) is 2.70. The van der Waals surface area contributed by atoms with Crippen molar-refractivity contribution in [2.45, 2.75) is 45.3 Å². The fourth-order valence-corrected chi connectivity index (χ4v) is 2.70. The lowest BCUT2D eigenvalue weighted by molar-refractivity contribution is -0.187. The average Bonchev–Trinajstić information content (AvgIpc) is 2.64. The van der Waals surface area contributed by atoms with Crippen molar-refractivity contribution in [1.82, 2.24) is 0 Å². The molecule has 0 aromatic carbocycles. The Bertz CT molecular complexity index is 799. The highest BCUT2D eigenvalue weighted by Crippen LogP contribution is 2.22. The first-order valence-corrected chi connectivity index (χ1v) is 8.77. The van der Waals surface area contributed by atoms with E-state index in [0.717, 1.165) is 11.1 Å². The highest BCUT2D eigenvalue weighted by molar-refractivity contribution is 5.93. The van der Waals surface area contributed by atoms with Crippen LogP contribution in [0.3, 0.4) is 0 Å². The Morgan fingerprint density at radius 3 is 2.14 bits per heavy atom. The number of ether oxygens (including phenoxy) is 2. The van der Waals surface area contributed by atoms with Crippen LogP contribution in [0.5, 0.6) is 0 Å². The highest BCUT2D eigenvalue weighted by atomic mass is 16.6. The molecule has 0 saturated carbocycles. The van der Waals surface area contributed by atoms with Crippen molar-refractivity contribution < 1.29 is 38.9 Å². The van der Waals surface area contributed by atoms with Gasteiger partial charge in [0, 0.05) is 5.57 Å². The molecule has 1 unspecified atom stereocenters. The molecule has 0 amide bonds. The van der Waals surface area contributed by atoms with E-state index in [-0.39, 0.29) is 5.57 Å². The summed E-state index contributed by atoms with van der Waals surface area (Å²) < 4.78 is 9.80. The Labute approximate surface area is 161 Å². The van der Waals surface area contributed by atoms with Crippen LogP contribution in [0.15, 0.2) is 47.1 Å². The van der Waals surface area contributed by atoms with Crippen LogP contribution in [0.4, 0.5) is 0 Å². The average molecular weight is 390 g/mol. The molecule has 0 aliphatic heterocycles. The zero-order chi connectivity index (χ0) is 20.8. The second-order valence-corrected chi connectivity index (χ2v) is 6.71. The van der Waals surface area contributed by atoms with Crippen LogP contribution < -0.4 is 0 Å². The predicted molar refractivity (Wildman–Crippen MR) is 97.1 cm³/mol. The molecule has 0 heterocycles. The highest BCUT2D eigenvalue weighted by Gasteiger charge is 2.41. The van der Waals surface area contributed by atoms with Gasteiger partial charge in [0.25, 0.3) is 0 Å². The summed E-state index contributed by atoms with van der Waals surface area (Å²) in [7, 11) is 0. The molecule has 8 heteroatoms. The molecule has 0 fully saturated rings. The number of carbonyl (C=O) groups excluding carboxylic acids is 2. The van der Waals surface area contributed by atoms with Gasteiger partial charge in [-0.25, -0.2) is 14.4 Å². The van der Waals surface area contributed by atoms with E-state index in [1.165, 1.54) is 6.08 Å². The smallest absolute Gasteiger partial charge is 0.349 e. The van der Waals surface area contributed by atoms with Gasteiger partial charge in [-0.3, -0.25) is 4.79 Å². The summed E-state index contributed by atoms with van der Waals surface area (Å²) in [5.74, 6) is -6.01. The van der Waals surface area contributed by atoms with Crippen LogP contribution in [-0.2, 0) is 28.7 Å². The summed E-state index contributed by atoms with van der Waals surface area (Å²) in [6, 6.07) is 0. The number of rotatable bonds is 7. The molecule has 28 heavy (non-hydrogen) atoms. The number of esters is 2. The van der Waals surface area contributed by atoms with Crippen molar-refractivity contribution in [2.75, 3.05) is 0 Å². The quantitative estimate of drug-likeness (QED) is 0.633.